The maximum absolute atomic E-state index is 14.6. The summed E-state index contributed by atoms with van der Waals surface area (Å²) in [4.78, 5) is 11.5. The van der Waals surface area contributed by atoms with Crippen LogP contribution < -0.4 is 10.2 Å². The van der Waals surface area contributed by atoms with Crippen LogP contribution in [0.1, 0.15) is 35.7 Å². The number of hydrogen-bond acceptors (Lipinski definition) is 5. The van der Waals surface area contributed by atoms with Crippen LogP contribution in [0.5, 0.6) is 0 Å². The number of aromatic nitrogens is 4. The third-order valence-corrected chi connectivity index (χ3v) is 5.97. The van der Waals surface area contributed by atoms with E-state index in [0.717, 1.165) is 65.5 Å². The second kappa shape index (κ2) is 6.81. The van der Waals surface area contributed by atoms with Crippen molar-refractivity contribution < 1.29 is 4.39 Å². The van der Waals surface area contributed by atoms with Crippen molar-refractivity contribution in [3.05, 3.63) is 41.3 Å². The van der Waals surface area contributed by atoms with E-state index >= 15 is 0 Å². The van der Waals surface area contributed by atoms with Gasteiger partial charge in [-0.15, -0.1) is 0 Å². The molecule has 0 bridgehead atoms. The molecule has 2 aromatic heterocycles. The van der Waals surface area contributed by atoms with Gasteiger partial charge in [0.05, 0.1) is 11.7 Å². The van der Waals surface area contributed by atoms with Crippen molar-refractivity contribution >= 4 is 16.7 Å². The van der Waals surface area contributed by atoms with Crippen molar-refractivity contribution in [1.82, 2.24) is 25.1 Å². The number of halogens is 1. The molecule has 2 fully saturated rings. The van der Waals surface area contributed by atoms with Gasteiger partial charge in [-0.25, -0.2) is 19.0 Å². The standard InChI is InChI=1S/C21H25FN6/c1-13-8-15-11-24-28(19(15)9-17(13)16-4-5-23-12-18(16)22)21-10-20(25-14(2)26-21)27-6-3-7-27/h8-11,16,18,23H,3-7,12H2,1-2H3/t16-,18-/m0/s1. The lowest BCUT2D eigenvalue weighted by Crippen LogP contribution is -2.37. The molecule has 0 spiro atoms. The molecule has 0 amide bonds. The zero-order valence-electron chi connectivity index (χ0n) is 16.3. The molecule has 28 heavy (non-hydrogen) atoms. The van der Waals surface area contributed by atoms with Gasteiger partial charge in [-0.05, 0) is 56.5 Å². The highest BCUT2D eigenvalue weighted by Crippen LogP contribution is 2.33. The molecule has 0 saturated carbocycles. The first-order valence-corrected chi connectivity index (χ1v) is 10.0. The highest BCUT2D eigenvalue weighted by atomic mass is 19.1. The molecule has 0 unspecified atom stereocenters. The quantitative estimate of drug-likeness (QED) is 0.757. The normalized spacial score (nSPS) is 22.5. The summed E-state index contributed by atoms with van der Waals surface area (Å²) in [6.45, 7) is 7.33. The maximum atomic E-state index is 14.6. The first-order valence-electron chi connectivity index (χ1n) is 10.0. The molecule has 2 atom stereocenters. The predicted octanol–water partition coefficient (Wildman–Crippen LogP) is 3.06. The van der Waals surface area contributed by atoms with Crippen LogP contribution in [-0.2, 0) is 0 Å². The minimum atomic E-state index is -0.861. The number of aryl methyl sites for hydroxylation is 2. The van der Waals surface area contributed by atoms with Gasteiger partial charge in [0, 0.05) is 37.0 Å². The van der Waals surface area contributed by atoms with Gasteiger partial charge in [-0.1, -0.05) is 0 Å². The Balaban J connectivity index is 1.61. The number of alkyl halides is 1. The maximum Gasteiger partial charge on any atom is 0.159 e. The predicted molar refractivity (Wildman–Crippen MR) is 108 cm³/mol. The Morgan fingerprint density at radius 2 is 1.93 bits per heavy atom. The lowest BCUT2D eigenvalue weighted by Gasteiger charge is -2.32. The van der Waals surface area contributed by atoms with Gasteiger partial charge in [0.1, 0.15) is 17.8 Å². The Morgan fingerprint density at radius 1 is 1.11 bits per heavy atom. The van der Waals surface area contributed by atoms with Gasteiger partial charge in [-0.2, -0.15) is 5.10 Å². The minimum absolute atomic E-state index is 0.0715. The second-order valence-electron chi connectivity index (χ2n) is 7.91. The van der Waals surface area contributed by atoms with Gasteiger partial charge in [0.25, 0.3) is 0 Å². The molecule has 2 saturated heterocycles. The average Bonchev–Trinajstić information content (AvgIpc) is 3.02. The van der Waals surface area contributed by atoms with Gasteiger partial charge < -0.3 is 10.2 Å². The Hall–Kier alpha value is -2.54. The number of anilines is 1. The molecular formula is C21H25FN6. The van der Waals surface area contributed by atoms with Crippen molar-refractivity contribution in [1.29, 1.82) is 0 Å². The van der Waals surface area contributed by atoms with Crippen LogP contribution in [-0.4, -0.2) is 52.1 Å². The minimum Gasteiger partial charge on any atom is -0.356 e. The van der Waals surface area contributed by atoms with Crippen molar-refractivity contribution in [3.63, 3.8) is 0 Å². The lowest BCUT2D eigenvalue weighted by atomic mass is 9.85. The number of hydrogen-bond donors (Lipinski definition) is 1. The topological polar surface area (TPSA) is 58.9 Å². The van der Waals surface area contributed by atoms with Crippen molar-refractivity contribution in [2.24, 2.45) is 0 Å². The zero-order valence-corrected chi connectivity index (χ0v) is 16.3. The summed E-state index contributed by atoms with van der Waals surface area (Å²) in [6.07, 6.45) is 3.02. The number of piperidine rings is 1. The number of nitrogens with one attached hydrogen (secondary N) is 1. The van der Waals surface area contributed by atoms with Crippen LogP contribution in [0, 0.1) is 13.8 Å². The molecule has 7 heteroatoms. The van der Waals surface area contributed by atoms with E-state index in [1.807, 2.05) is 23.9 Å². The van der Waals surface area contributed by atoms with Gasteiger partial charge in [-0.3, -0.25) is 0 Å². The Bertz CT molecular complexity index is 1030. The molecule has 3 aromatic rings. The van der Waals surface area contributed by atoms with E-state index in [2.05, 4.69) is 44.3 Å². The van der Waals surface area contributed by atoms with Crippen LogP contribution in [0.15, 0.2) is 24.4 Å². The molecule has 2 aliphatic rings. The first kappa shape index (κ1) is 17.6. The van der Waals surface area contributed by atoms with Crippen molar-refractivity contribution in [3.8, 4) is 5.82 Å². The Labute approximate surface area is 163 Å². The van der Waals surface area contributed by atoms with E-state index in [4.69, 9.17) is 0 Å². The highest BCUT2D eigenvalue weighted by molar-refractivity contribution is 5.82. The summed E-state index contributed by atoms with van der Waals surface area (Å²) in [5, 5.41) is 8.79. The fraction of sp³-hybridized carbons (Fsp3) is 0.476. The van der Waals surface area contributed by atoms with E-state index in [1.54, 1.807) is 0 Å². The highest BCUT2D eigenvalue weighted by Gasteiger charge is 2.28. The molecule has 1 N–H and O–H groups in total. The van der Waals surface area contributed by atoms with Crippen LogP contribution in [0.25, 0.3) is 16.7 Å². The van der Waals surface area contributed by atoms with Gasteiger partial charge >= 0.3 is 0 Å². The second-order valence-corrected chi connectivity index (χ2v) is 7.91. The fourth-order valence-electron chi connectivity index (χ4n) is 4.31. The summed E-state index contributed by atoms with van der Waals surface area (Å²) in [6, 6.07) is 6.23. The zero-order chi connectivity index (χ0) is 19.3. The van der Waals surface area contributed by atoms with E-state index < -0.39 is 6.17 Å². The molecule has 4 heterocycles. The largest absolute Gasteiger partial charge is 0.356 e. The number of nitrogens with zero attached hydrogens (tertiary/aromatic N) is 5. The summed E-state index contributed by atoms with van der Waals surface area (Å²) in [7, 11) is 0. The van der Waals surface area contributed by atoms with E-state index in [0.29, 0.717) is 6.54 Å². The Morgan fingerprint density at radius 3 is 2.68 bits per heavy atom. The molecule has 6 nitrogen and oxygen atoms in total. The first-order chi connectivity index (χ1) is 13.6. The molecule has 2 aliphatic heterocycles. The molecule has 1 aromatic carbocycles. The summed E-state index contributed by atoms with van der Waals surface area (Å²) in [5.74, 6) is 2.38. The lowest BCUT2D eigenvalue weighted by molar-refractivity contribution is 0.231. The summed E-state index contributed by atoms with van der Waals surface area (Å²) in [5.41, 5.74) is 3.18. The van der Waals surface area contributed by atoms with Crippen LogP contribution in [0.3, 0.4) is 0 Å². The van der Waals surface area contributed by atoms with Crippen molar-refractivity contribution in [2.75, 3.05) is 31.1 Å². The van der Waals surface area contributed by atoms with E-state index in [1.165, 1.54) is 6.42 Å². The van der Waals surface area contributed by atoms with Crippen LogP contribution >= 0.6 is 0 Å². The Kier molecular flexibility index (Phi) is 4.27. The fourth-order valence-corrected chi connectivity index (χ4v) is 4.31. The van der Waals surface area contributed by atoms with Crippen LogP contribution in [0.2, 0.25) is 0 Å². The van der Waals surface area contributed by atoms with Gasteiger partial charge in [0.2, 0.25) is 0 Å². The molecule has 0 aliphatic carbocycles. The van der Waals surface area contributed by atoms with Crippen LogP contribution in [0.4, 0.5) is 10.2 Å². The monoisotopic (exact) mass is 380 g/mol. The third kappa shape index (κ3) is 2.94. The summed E-state index contributed by atoms with van der Waals surface area (Å²) >= 11 is 0. The molecule has 0 radical (unpaired) electrons. The number of benzene rings is 1. The average molecular weight is 380 g/mol. The summed E-state index contributed by atoms with van der Waals surface area (Å²) < 4.78 is 16.5. The molecular weight excluding hydrogens is 355 g/mol. The number of rotatable bonds is 3. The van der Waals surface area contributed by atoms with E-state index in [-0.39, 0.29) is 5.92 Å². The SMILES string of the molecule is Cc1nc(N2CCC2)cc(-n2ncc3cc(C)c([C@@H]4CCNC[C@@H]4F)cc32)n1. The van der Waals surface area contributed by atoms with Gasteiger partial charge in [0.15, 0.2) is 5.82 Å². The smallest absolute Gasteiger partial charge is 0.159 e. The molecule has 5 rings (SSSR count). The van der Waals surface area contributed by atoms with E-state index in [9.17, 15) is 4.39 Å². The number of fused-ring (bicyclic) bond motifs is 1. The van der Waals surface area contributed by atoms with Crippen molar-refractivity contribution in [2.45, 2.75) is 38.8 Å². The molecule has 146 valence electrons. The third-order valence-electron chi connectivity index (χ3n) is 5.97.